The highest BCUT2D eigenvalue weighted by Gasteiger charge is 2.39. The number of aliphatic carboxylic acids is 1. The van der Waals surface area contributed by atoms with Crippen molar-refractivity contribution in [2.75, 3.05) is 13.1 Å². The number of carbonyl (C=O) groups is 5. The van der Waals surface area contributed by atoms with Gasteiger partial charge < -0.3 is 37.8 Å². The fourth-order valence-electron chi connectivity index (χ4n) is 3.49. The summed E-state index contributed by atoms with van der Waals surface area (Å²) >= 11 is 0. The molecule has 1 heterocycles. The van der Waals surface area contributed by atoms with Crippen molar-refractivity contribution in [1.82, 2.24) is 15.5 Å². The lowest BCUT2D eigenvalue weighted by Gasteiger charge is -2.28. The Morgan fingerprint density at radius 1 is 1.06 bits per heavy atom. The number of unbranched alkanes of at least 4 members (excludes halogenated alkanes) is 1. The van der Waals surface area contributed by atoms with Gasteiger partial charge in [0.2, 0.25) is 23.6 Å². The molecule has 1 saturated heterocycles. The Morgan fingerprint density at radius 3 is 2.22 bits per heavy atom. The lowest BCUT2D eigenvalue weighted by atomic mass is 10.0. The van der Waals surface area contributed by atoms with Crippen molar-refractivity contribution in [3.63, 3.8) is 0 Å². The third kappa shape index (κ3) is 8.08. The number of nitrogens with two attached hydrogens (primary N) is 3. The minimum absolute atomic E-state index is 0.157. The molecule has 0 aliphatic carbocycles. The molecule has 0 aromatic rings. The zero-order valence-corrected chi connectivity index (χ0v) is 18.7. The van der Waals surface area contributed by atoms with Crippen LogP contribution in [-0.4, -0.2) is 76.9 Å². The van der Waals surface area contributed by atoms with Gasteiger partial charge in [0.25, 0.3) is 0 Å². The molecule has 1 rings (SSSR count). The maximum absolute atomic E-state index is 13.0. The Hall–Kier alpha value is -2.73. The average Bonchev–Trinajstić information content (AvgIpc) is 3.21. The van der Waals surface area contributed by atoms with E-state index in [0.29, 0.717) is 25.8 Å². The van der Waals surface area contributed by atoms with E-state index in [0.717, 1.165) is 4.90 Å². The standard InChI is InChI=1S/C20H36N6O6/c1-11(2)16(23)18(29)24-12(6-3-4-8-21)17(28)25-13(10-15(22)27)19(30)26-9-5-7-14(26)20(31)32/h11-14,16H,3-10,21,23H2,1-2H3,(H2,22,27)(H,24,29)(H,25,28)(H,31,32). The molecule has 1 aliphatic heterocycles. The van der Waals surface area contributed by atoms with Crippen LogP contribution in [0.1, 0.15) is 52.4 Å². The summed E-state index contributed by atoms with van der Waals surface area (Å²) in [6.45, 7) is 4.14. The quantitative estimate of drug-likeness (QED) is 0.170. The van der Waals surface area contributed by atoms with Gasteiger partial charge in [-0.1, -0.05) is 13.8 Å². The monoisotopic (exact) mass is 456 g/mol. The third-order valence-electron chi connectivity index (χ3n) is 5.44. The predicted octanol–water partition coefficient (Wildman–Crippen LogP) is -1.98. The van der Waals surface area contributed by atoms with E-state index in [9.17, 15) is 29.1 Å². The van der Waals surface area contributed by atoms with Gasteiger partial charge in [0.15, 0.2) is 0 Å². The molecule has 4 unspecified atom stereocenters. The molecule has 0 aromatic heterocycles. The van der Waals surface area contributed by atoms with Crippen molar-refractivity contribution in [3.8, 4) is 0 Å². The Kier molecular flexibility index (Phi) is 11.1. The SMILES string of the molecule is CC(C)C(N)C(=O)NC(CCCCN)C(=O)NC(CC(N)=O)C(=O)N1CCCC1C(=O)O. The van der Waals surface area contributed by atoms with Crippen molar-refractivity contribution in [2.45, 2.75) is 76.5 Å². The van der Waals surface area contributed by atoms with Crippen LogP contribution in [0.3, 0.4) is 0 Å². The number of likely N-dealkylation sites (tertiary alicyclic amines) is 1. The molecule has 0 bridgehead atoms. The number of nitrogens with zero attached hydrogens (tertiary/aromatic N) is 1. The van der Waals surface area contributed by atoms with Gasteiger partial charge in [0.1, 0.15) is 18.1 Å². The first-order valence-corrected chi connectivity index (χ1v) is 10.9. The molecule has 0 spiro atoms. The maximum atomic E-state index is 13.0. The summed E-state index contributed by atoms with van der Waals surface area (Å²) in [5.41, 5.74) is 16.6. The van der Waals surface area contributed by atoms with Crippen LogP contribution in [0.4, 0.5) is 0 Å². The van der Waals surface area contributed by atoms with Crippen molar-refractivity contribution in [3.05, 3.63) is 0 Å². The zero-order valence-electron chi connectivity index (χ0n) is 18.7. The van der Waals surface area contributed by atoms with Crippen molar-refractivity contribution in [1.29, 1.82) is 0 Å². The van der Waals surface area contributed by atoms with Gasteiger partial charge in [0, 0.05) is 6.54 Å². The number of rotatable bonds is 13. The first kappa shape index (κ1) is 27.3. The second kappa shape index (κ2) is 13.0. The Bertz CT molecular complexity index is 700. The van der Waals surface area contributed by atoms with Gasteiger partial charge in [-0.2, -0.15) is 0 Å². The van der Waals surface area contributed by atoms with Crippen LogP contribution < -0.4 is 27.8 Å². The number of nitrogens with one attached hydrogen (secondary N) is 2. The predicted molar refractivity (Wildman–Crippen MR) is 116 cm³/mol. The molecule has 9 N–H and O–H groups in total. The number of amides is 4. The van der Waals surface area contributed by atoms with E-state index in [2.05, 4.69) is 10.6 Å². The molecule has 182 valence electrons. The molecule has 4 amide bonds. The van der Waals surface area contributed by atoms with Crippen LogP contribution in [0, 0.1) is 5.92 Å². The number of carboxylic acid groups (broad SMARTS) is 1. The first-order valence-electron chi connectivity index (χ1n) is 10.9. The molecule has 0 saturated carbocycles. The summed E-state index contributed by atoms with van der Waals surface area (Å²) in [7, 11) is 0. The Morgan fingerprint density at radius 2 is 1.69 bits per heavy atom. The average molecular weight is 457 g/mol. The van der Waals surface area contributed by atoms with E-state index in [1.807, 2.05) is 0 Å². The molecule has 1 fully saturated rings. The first-order chi connectivity index (χ1) is 15.0. The topological polar surface area (TPSA) is 211 Å². The number of hydrogen-bond donors (Lipinski definition) is 6. The fourth-order valence-corrected chi connectivity index (χ4v) is 3.49. The second-order valence-electron chi connectivity index (χ2n) is 8.37. The highest BCUT2D eigenvalue weighted by molar-refractivity contribution is 5.96. The second-order valence-corrected chi connectivity index (χ2v) is 8.37. The lowest BCUT2D eigenvalue weighted by molar-refractivity contribution is -0.149. The third-order valence-corrected chi connectivity index (χ3v) is 5.44. The molecular weight excluding hydrogens is 420 g/mol. The van der Waals surface area contributed by atoms with Crippen LogP contribution in [0.15, 0.2) is 0 Å². The van der Waals surface area contributed by atoms with E-state index >= 15 is 0 Å². The number of carboxylic acids is 1. The number of primary amides is 1. The highest BCUT2D eigenvalue weighted by Crippen LogP contribution is 2.19. The maximum Gasteiger partial charge on any atom is 0.326 e. The van der Waals surface area contributed by atoms with Crippen molar-refractivity contribution >= 4 is 29.6 Å². The summed E-state index contributed by atoms with van der Waals surface area (Å²) in [5.74, 6) is -4.05. The summed E-state index contributed by atoms with van der Waals surface area (Å²) in [6.07, 6.45) is 1.68. The van der Waals surface area contributed by atoms with Crippen LogP contribution >= 0.6 is 0 Å². The molecule has 4 atom stereocenters. The van der Waals surface area contributed by atoms with Crippen LogP contribution in [0.25, 0.3) is 0 Å². The van der Waals surface area contributed by atoms with Gasteiger partial charge in [-0.05, 0) is 44.6 Å². The normalized spacial score (nSPS) is 18.7. The van der Waals surface area contributed by atoms with Gasteiger partial charge in [-0.15, -0.1) is 0 Å². The summed E-state index contributed by atoms with van der Waals surface area (Å²) < 4.78 is 0. The van der Waals surface area contributed by atoms with Crippen molar-refractivity contribution in [2.24, 2.45) is 23.1 Å². The number of hydrogen-bond acceptors (Lipinski definition) is 7. The Balaban J connectivity index is 3.00. The van der Waals surface area contributed by atoms with Crippen LogP contribution in [-0.2, 0) is 24.0 Å². The van der Waals surface area contributed by atoms with Crippen LogP contribution in [0.5, 0.6) is 0 Å². The highest BCUT2D eigenvalue weighted by atomic mass is 16.4. The molecule has 32 heavy (non-hydrogen) atoms. The largest absolute Gasteiger partial charge is 0.480 e. The zero-order chi connectivity index (χ0) is 24.4. The van der Waals surface area contributed by atoms with Crippen LogP contribution in [0.2, 0.25) is 0 Å². The summed E-state index contributed by atoms with van der Waals surface area (Å²) in [5, 5.41) is 14.4. The van der Waals surface area contributed by atoms with Gasteiger partial charge in [-0.25, -0.2) is 4.79 Å². The van der Waals surface area contributed by atoms with E-state index in [-0.39, 0.29) is 25.3 Å². The minimum atomic E-state index is -1.34. The molecule has 12 nitrogen and oxygen atoms in total. The minimum Gasteiger partial charge on any atom is -0.480 e. The fraction of sp³-hybridized carbons (Fsp3) is 0.750. The van der Waals surface area contributed by atoms with E-state index in [4.69, 9.17) is 17.2 Å². The molecule has 0 radical (unpaired) electrons. The molecule has 12 heteroatoms. The summed E-state index contributed by atoms with van der Waals surface area (Å²) in [4.78, 5) is 62.4. The van der Waals surface area contributed by atoms with E-state index in [1.54, 1.807) is 13.8 Å². The Labute approximate surface area is 187 Å². The van der Waals surface area contributed by atoms with Crippen molar-refractivity contribution < 1.29 is 29.1 Å². The van der Waals surface area contributed by atoms with Gasteiger partial charge in [0.05, 0.1) is 12.5 Å². The lowest BCUT2D eigenvalue weighted by Crippen LogP contribution is -2.58. The van der Waals surface area contributed by atoms with Gasteiger partial charge >= 0.3 is 5.97 Å². The summed E-state index contributed by atoms with van der Waals surface area (Å²) in [6, 6.07) is -4.20. The molecule has 1 aliphatic rings. The molecule has 0 aromatic carbocycles. The molecular formula is C20H36N6O6. The smallest absolute Gasteiger partial charge is 0.326 e. The van der Waals surface area contributed by atoms with Gasteiger partial charge in [-0.3, -0.25) is 19.2 Å². The number of carbonyl (C=O) groups excluding carboxylic acids is 4. The van der Waals surface area contributed by atoms with E-state index in [1.165, 1.54) is 0 Å². The van der Waals surface area contributed by atoms with E-state index < -0.39 is 60.2 Å².